The lowest BCUT2D eigenvalue weighted by molar-refractivity contribution is -0.143. The Labute approximate surface area is 184 Å². The maximum Gasteiger partial charge on any atom is 0.405 e. The molecule has 6 nitrogen and oxygen atoms in total. The van der Waals surface area contributed by atoms with E-state index in [4.69, 9.17) is 9.84 Å². The normalized spacial score (nSPS) is 14.0. The number of hydrogen-bond donors (Lipinski definition) is 2. The molecule has 0 bridgehead atoms. The van der Waals surface area contributed by atoms with Crippen molar-refractivity contribution in [1.29, 1.82) is 0 Å². The summed E-state index contributed by atoms with van der Waals surface area (Å²) in [5, 5.41) is 10.9. The van der Waals surface area contributed by atoms with Crippen molar-refractivity contribution < 1.29 is 24.0 Å². The first-order valence-electron chi connectivity index (χ1n) is 11.0. The third-order valence-electron chi connectivity index (χ3n) is 5.16. The maximum atomic E-state index is 13.0. The van der Waals surface area contributed by atoms with E-state index in [0.29, 0.717) is 12.2 Å². The topological polar surface area (TPSA) is 98.7 Å². The van der Waals surface area contributed by atoms with Gasteiger partial charge in [-0.1, -0.05) is 87.0 Å². The molecule has 0 aromatic heterocycles. The van der Waals surface area contributed by atoms with Crippen molar-refractivity contribution in [2.75, 3.05) is 12.9 Å². The van der Waals surface area contributed by atoms with Gasteiger partial charge >= 0.3 is 12.1 Å². The predicted molar refractivity (Wildman–Crippen MR) is 121 cm³/mol. The molecule has 30 heavy (non-hydrogen) atoms. The van der Waals surface area contributed by atoms with E-state index in [-0.39, 0.29) is 11.7 Å². The van der Waals surface area contributed by atoms with Crippen LogP contribution in [0.3, 0.4) is 0 Å². The Morgan fingerprint density at radius 2 is 1.67 bits per heavy atom. The van der Waals surface area contributed by atoms with Gasteiger partial charge in [-0.2, -0.15) is 0 Å². The summed E-state index contributed by atoms with van der Waals surface area (Å²) in [7, 11) is 1.22. The summed E-state index contributed by atoms with van der Waals surface area (Å²) in [5.74, 6) is -0.0903. The lowest BCUT2D eigenvalue weighted by Crippen LogP contribution is -2.45. The molecule has 0 spiro atoms. The van der Waals surface area contributed by atoms with Crippen molar-refractivity contribution >= 4 is 23.2 Å². The van der Waals surface area contributed by atoms with Crippen LogP contribution in [0.5, 0.6) is 0 Å². The van der Waals surface area contributed by atoms with Gasteiger partial charge in [-0.3, -0.25) is 0 Å². The number of carboxylic acid groups (broad SMARTS) is 1. The van der Waals surface area contributed by atoms with Crippen LogP contribution in [-0.4, -0.2) is 45.9 Å². The number of hydrogen-bond acceptors (Lipinski definition) is 4. The number of nitrogens with one attached hydrogen (secondary N) is 1. The van der Waals surface area contributed by atoms with Crippen LogP contribution in [0.15, 0.2) is 30.3 Å². The lowest BCUT2D eigenvalue weighted by atomic mass is 10.0. The first-order valence-corrected chi connectivity index (χ1v) is 12.3. The van der Waals surface area contributed by atoms with E-state index in [1.54, 1.807) is 0 Å². The van der Waals surface area contributed by atoms with Gasteiger partial charge in [0.2, 0.25) is 0 Å². The molecule has 0 aliphatic heterocycles. The van der Waals surface area contributed by atoms with Gasteiger partial charge in [0, 0.05) is 12.8 Å². The second kappa shape index (κ2) is 16.0. The maximum absolute atomic E-state index is 13.0. The van der Waals surface area contributed by atoms with Crippen molar-refractivity contribution in [3.05, 3.63) is 35.9 Å². The minimum Gasteiger partial charge on any atom is -0.616 e. The molecule has 0 aliphatic carbocycles. The van der Waals surface area contributed by atoms with Crippen molar-refractivity contribution in [2.24, 2.45) is 0 Å². The highest BCUT2D eigenvalue weighted by atomic mass is 32.2. The number of amides is 1. The summed E-state index contributed by atoms with van der Waals surface area (Å²) in [4.78, 5) is 23.1. The van der Waals surface area contributed by atoms with E-state index in [0.717, 1.165) is 24.8 Å². The summed E-state index contributed by atoms with van der Waals surface area (Å²) in [6.45, 7) is 2.21. The van der Waals surface area contributed by atoms with Gasteiger partial charge < -0.3 is 19.7 Å². The quantitative estimate of drug-likeness (QED) is 0.221. The number of esters is 1. The second-order valence-electron chi connectivity index (χ2n) is 7.63. The van der Waals surface area contributed by atoms with Crippen LogP contribution < -0.4 is 5.32 Å². The molecular weight excluding hydrogens is 402 g/mol. The van der Waals surface area contributed by atoms with Crippen LogP contribution in [0.25, 0.3) is 0 Å². The van der Waals surface area contributed by atoms with Crippen molar-refractivity contribution in [1.82, 2.24) is 5.32 Å². The third kappa shape index (κ3) is 11.5. The van der Waals surface area contributed by atoms with Crippen LogP contribution in [0.1, 0.15) is 70.3 Å². The highest BCUT2D eigenvalue weighted by Crippen LogP contribution is 2.19. The molecule has 0 saturated carbocycles. The third-order valence-corrected chi connectivity index (χ3v) is 6.95. The zero-order valence-corrected chi connectivity index (χ0v) is 19.1. The van der Waals surface area contributed by atoms with Crippen LogP contribution in [0, 0.1) is 0 Å². The molecular formula is C23H37NO5S. The molecule has 170 valence electrons. The van der Waals surface area contributed by atoms with Crippen LogP contribution >= 0.6 is 0 Å². The number of unbranched alkanes of at least 4 members (excludes halogenated alkanes) is 7. The Bertz CT molecular complexity index is 599. The van der Waals surface area contributed by atoms with Gasteiger partial charge in [-0.25, -0.2) is 9.59 Å². The van der Waals surface area contributed by atoms with Gasteiger partial charge in [0.15, 0.2) is 0 Å². The molecule has 0 radical (unpaired) electrons. The number of rotatable bonds is 16. The Hall–Kier alpha value is -1.73. The zero-order valence-electron chi connectivity index (χ0n) is 18.3. The van der Waals surface area contributed by atoms with Crippen molar-refractivity contribution in [3.8, 4) is 0 Å². The van der Waals surface area contributed by atoms with Gasteiger partial charge in [-0.15, -0.1) is 0 Å². The summed E-state index contributed by atoms with van der Waals surface area (Å²) >= 11 is -1.16. The fourth-order valence-corrected chi connectivity index (χ4v) is 5.08. The molecule has 0 fully saturated rings. The fraction of sp³-hybridized carbons (Fsp3) is 0.652. The number of ether oxygens (including phenoxy) is 1. The van der Waals surface area contributed by atoms with Gasteiger partial charge in [0.25, 0.3) is 0 Å². The number of carbonyl (C=O) groups excluding carboxylic acids is 1. The van der Waals surface area contributed by atoms with E-state index >= 15 is 0 Å². The first kappa shape index (κ1) is 26.3. The monoisotopic (exact) mass is 439 g/mol. The highest BCUT2D eigenvalue weighted by Gasteiger charge is 2.31. The van der Waals surface area contributed by atoms with Crippen molar-refractivity contribution in [2.45, 2.75) is 82.4 Å². The second-order valence-corrected chi connectivity index (χ2v) is 9.47. The molecule has 2 unspecified atom stereocenters. The van der Waals surface area contributed by atoms with E-state index < -0.39 is 29.3 Å². The average molecular weight is 440 g/mol. The Morgan fingerprint density at radius 1 is 1.07 bits per heavy atom. The SMILES string of the molecule is CCCCCCCCCC[S+]([O-])[C@H](Cc1ccccc1)CC(NC(=O)O)C(=O)OC. The van der Waals surface area contributed by atoms with Gasteiger partial charge in [0.05, 0.1) is 7.11 Å². The minimum absolute atomic E-state index is 0.150. The predicted octanol–water partition coefficient (Wildman–Crippen LogP) is 4.69. The van der Waals surface area contributed by atoms with Crippen LogP contribution in [0.4, 0.5) is 4.79 Å². The molecule has 1 aromatic carbocycles. The number of carbonyl (C=O) groups is 2. The molecule has 2 N–H and O–H groups in total. The van der Waals surface area contributed by atoms with Gasteiger partial charge in [0.1, 0.15) is 17.0 Å². The first-order chi connectivity index (χ1) is 14.5. The standard InChI is InChI=1S/C23H37NO5S/c1-3-4-5-6-7-8-9-13-16-30(28)20(17-19-14-11-10-12-15-19)18-21(22(25)29-2)24-23(26)27/h10-12,14-15,20-21,24H,3-9,13,16-18H2,1-2H3,(H,26,27)/t20-,21?,30?/m1/s1. The fourth-order valence-electron chi connectivity index (χ4n) is 3.47. The molecule has 0 heterocycles. The number of methoxy groups -OCH3 is 1. The Balaban J connectivity index is 2.63. The largest absolute Gasteiger partial charge is 0.616 e. The molecule has 1 amide bonds. The van der Waals surface area contributed by atoms with E-state index in [9.17, 15) is 14.1 Å². The summed E-state index contributed by atoms with van der Waals surface area (Å²) in [6, 6.07) is 8.64. The van der Waals surface area contributed by atoms with E-state index in [1.165, 1.54) is 39.2 Å². The van der Waals surface area contributed by atoms with Gasteiger partial charge in [-0.05, 0) is 18.4 Å². The van der Waals surface area contributed by atoms with Crippen molar-refractivity contribution in [3.63, 3.8) is 0 Å². The van der Waals surface area contributed by atoms with Crippen LogP contribution in [0.2, 0.25) is 0 Å². The minimum atomic E-state index is -1.29. The summed E-state index contributed by atoms with van der Waals surface area (Å²) in [6.07, 6.45) is 8.74. The van der Waals surface area contributed by atoms with Crippen LogP contribution in [-0.2, 0) is 27.1 Å². The molecule has 1 rings (SSSR count). The Kier molecular flexibility index (Phi) is 14.1. The van der Waals surface area contributed by atoms with E-state index in [2.05, 4.69) is 12.2 Å². The summed E-state index contributed by atoms with van der Waals surface area (Å²) < 4.78 is 17.8. The zero-order chi connectivity index (χ0) is 22.2. The number of benzene rings is 1. The molecule has 1 aromatic rings. The molecule has 0 aliphatic rings. The average Bonchev–Trinajstić information content (AvgIpc) is 2.74. The van der Waals surface area contributed by atoms with E-state index in [1.807, 2.05) is 30.3 Å². The Morgan fingerprint density at radius 3 is 2.23 bits per heavy atom. The lowest BCUT2D eigenvalue weighted by Gasteiger charge is -2.25. The highest BCUT2D eigenvalue weighted by molar-refractivity contribution is 7.92. The molecule has 3 atom stereocenters. The molecule has 0 saturated heterocycles. The smallest absolute Gasteiger partial charge is 0.405 e. The summed E-state index contributed by atoms with van der Waals surface area (Å²) in [5.41, 5.74) is 1.02. The molecule has 7 heteroatoms.